The average molecular weight is 531 g/mol. The molecule has 8 heteroatoms. The van der Waals surface area contributed by atoms with Gasteiger partial charge in [-0.1, -0.05) is 58.1 Å². The number of fused-ring (bicyclic) bond motifs is 1. The Labute approximate surface area is 205 Å². The summed E-state index contributed by atoms with van der Waals surface area (Å²) in [7, 11) is 1.61. The van der Waals surface area contributed by atoms with Gasteiger partial charge >= 0.3 is 0 Å². The summed E-state index contributed by atoms with van der Waals surface area (Å²) in [5.41, 5.74) is 3.18. The van der Waals surface area contributed by atoms with Crippen molar-refractivity contribution >= 4 is 67.1 Å². The Morgan fingerprint density at radius 1 is 1.16 bits per heavy atom. The van der Waals surface area contributed by atoms with Crippen molar-refractivity contribution in [3.05, 3.63) is 69.2 Å². The first-order valence-corrected chi connectivity index (χ1v) is 12.2. The molecule has 2 aromatic carbocycles. The highest BCUT2D eigenvalue weighted by atomic mass is 79.9. The second kappa shape index (κ2) is 10.2. The molecule has 1 aliphatic rings. The van der Waals surface area contributed by atoms with Gasteiger partial charge in [-0.2, -0.15) is 0 Å². The molecule has 0 N–H and O–H groups in total. The summed E-state index contributed by atoms with van der Waals surface area (Å²) in [5, 5.41) is 1.07. The van der Waals surface area contributed by atoms with E-state index in [9.17, 15) is 4.79 Å². The molecule has 1 aliphatic heterocycles. The molecule has 0 bridgehead atoms. The van der Waals surface area contributed by atoms with E-state index in [0.717, 1.165) is 32.3 Å². The zero-order valence-electron chi connectivity index (χ0n) is 17.8. The maximum Gasteiger partial charge on any atom is 0.266 e. The van der Waals surface area contributed by atoms with E-state index in [2.05, 4.69) is 38.8 Å². The van der Waals surface area contributed by atoms with Crippen LogP contribution < -0.4 is 4.74 Å². The lowest BCUT2D eigenvalue weighted by atomic mass is 10.1. The second-order valence-corrected chi connectivity index (χ2v) is 9.97. The van der Waals surface area contributed by atoms with Gasteiger partial charge in [-0.3, -0.25) is 9.69 Å². The van der Waals surface area contributed by atoms with E-state index in [1.165, 1.54) is 11.8 Å². The number of para-hydroxylation sites is 1. The number of ether oxygens (including phenoxy) is 2. The minimum absolute atomic E-state index is 0.0733. The van der Waals surface area contributed by atoms with Crippen LogP contribution in [0.2, 0.25) is 0 Å². The fourth-order valence-electron chi connectivity index (χ4n) is 3.59. The zero-order chi connectivity index (χ0) is 22.7. The van der Waals surface area contributed by atoms with Crippen molar-refractivity contribution in [2.45, 2.75) is 13.5 Å². The molecule has 0 aliphatic carbocycles. The highest BCUT2D eigenvalue weighted by molar-refractivity contribution is 9.10. The molecule has 0 spiro atoms. The van der Waals surface area contributed by atoms with Crippen LogP contribution in [0.15, 0.2) is 58.0 Å². The Bertz CT molecular complexity index is 1210. The predicted octanol–water partition coefficient (Wildman–Crippen LogP) is 5.64. The van der Waals surface area contributed by atoms with Gasteiger partial charge in [0.15, 0.2) is 0 Å². The lowest BCUT2D eigenvalue weighted by molar-refractivity contribution is -0.122. The lowest BCUT2D eigenvalue weighted by Crippen LogP contribution is -2.31. The van der Waals surface area contributed by atoms with Crippen LogP contribution in [0.4, 0.5) is 0 Å². The number of halogens is 1. The average Bonchev–Trinajstić information content (AvgIpc) is 3.24. The van der Waals surface area contributed by atoms with Crippen LogP contribution in [0, 0.1) is 6.92 Å². The molecule has 2 heterocycles. The third-order valence-corrected chi connectivity index (χ3v) is 7.11. The smallest absolute Gasteiger partial charge is 0.266 e. The fraction of sp³-hybridized carbons (Fsp3) is 0.250. The standard InChI is InChI=1S/C24H23BrN2O3S2/c1-16-5-3-4-6-21(16)30-12-9-26-15-17(19-14-18(25)7-8-20(19)26)13-22-23(28)27(10-11-29-2)24(31)32-22/h3-8,13-15H,9-12H2,1-2H3/b22-13-. The number of aryl methyl sites for hydroxylation is 1. The maximum absolute atomic E-state index is 12.9. The summed E-state index contributed by atoms with van der Waals surface area (Å²) in [6, 6.07) is 14.2. The summed E-state index contributed by atoms with van der Waals surface area (Å²) in [6.07, 6.45) is 4.00. The molecule has 32 heavy (non-hydrogen) atoms. The number of amides is 1. The fourth-order valence-corrected chi connectivity index (χ4v) is 5.25. The van der Waals surface area contributed by atoms with Crippen LogP contribution in [0.25, 0.3) is 17.0 Å². The van der Waals surface area contributed by atoms with Gasteiger partial charge in [-0.05, 0) is 42.8 Å². The van der Waals surface area contributed by atoms with E-state index in [1.807, 2.05) is 43.3 Å². The Morgan fingerprint density at radius 3 is 2.75 bits per heavy atom. The number of thioether (sulfide) groups is 1. The summed E-state index contributed by atoms with van der Waals surface area (Å²) >= 11 is 10.3. The molecule has 0 saturated carbocycles. The van der Waals surface area contributed by atoms with Crippen LogP contribution >= 0.6 is 39.9 Å². The van der Waals surface area contributed by atoms with Crippen LogP contribution in [-0.2, 0) is 16.1 Å². The number of thiocarbonyl (C=S) groups is 1. The van der Waals surface area contributed by atoms with Crippen molar-refractivity contribution in [1.29, 1.82) is 0 Å². The highest BCUT2D eigenvalue weighted by Gasteiger charge is 2.31. The van der Waals surface area contributed by atoms with E-state index in [-0.39, 0.29) is 5.91 Å². The predicted molar refractivity (Wildman–Crippen MR) is 138 cm³/mol. The minimum Gasteiger partial charge on any atom is -0.491 e. The van der Waals surface area contributed by atoms with Gasteiger partial charge in [0, 0.05) is 34.2 Å². The van der Waals surface area contributed by atoms with Gasteiger partial charge in [-0.15, -0.1) is 0 Å². The Kier molecular flexibility index (Phi) is 7.35. The first-order valence-electron chi connectivity index (χ1n) is 10.2. The molecule has 1 fully saturated rings. The third-order valence-electron chi connectivity index (χ3n) is 5.24. The van der Waals surface area contributed by atoms with Gasteiger partial charge in [0.05, 0.1) is 24.6 Å². The number of hydrogen-bond acceptors (Lipinski definition) is 5. The number of nitrogens with zero attached hydrogens (tertiary/aromatic N) is 2. The molecular weight excluding hydrogens is 508 g/mol. The van der Waals surface area contributed by atoms with E-state index < -0.39 is 0 Å². The molecule has 1 aromatic heterocycles. The van der Waals surface area contributed by atoms with Gasteiger partial charge < -0.3 is 14.0 Å². The van der Waals surface area contributed by atoms with Crippen LogP contribution in [0.5, 0.6) is 5.75 Å². The molecular formula is C24H23BrN2O3S2. The van der Waals surface area contributed by atoms with Gasteiger partial charge in [0.1, 0.15) is 16.7 Å². The number of aromatic nitrogens is 1. The summed E-state index contributed by atoms with van der Waals surface area (Å²) in [5.74, 6) is 0.822. The second-order valence-electron chi connectivity index (χ2n) is 7.38. The van der Waals surface area contributed by atoms with E-state index in [1.54, 1.807) is 12.0 Å². The normalized spacial score (nSPS) is 15.3. The quantitative estimate of drug-likeness (QED) is 0.278. The molecule has 0 radical (unpaired) electrons. The monoisotopic (exact) mass is 530 g/mol. The summed E-state index contributed by atoms with van der Waals surface area (Å²) in [6.45, 7) is 4.19. The van der Waals surface area contributed by atoms with E-state index in [4.69, 9.17) is 21.7 Å². The van der Waals surface area contributed by atoms with Crippen molar-refractivity contribution < 1.29 is 14.3 Å². The van der Waals surface area contributed by atoms with Crippen molar-refractivity contribution in [3.63, 3.8) is 0 Å². The van der Waals surface area contributed by atoms with E-state index in [0.29, 0.717) is 35.5 Å². The first kappa shape index (κ1) is 23.0. The largest absolute Gasteiger partial charge is 0.491 e. The molecule has 0 unspecified atom stereocenters. The SMILES string of the molecule is COCCN1C(=O)/C(=C/c2cn(CCOc3ccccc3C)c3ccc(Br)cc23)SC1=S. The minimum atomic E-state index is -0.0733. The van der Waals surface area contributed by atoms with Crippen LogP contribution in [0.3, 0.4) is 0 Å². The molecule has 166 valence electrons. The number of carbonyl (C=O) groups is 1. The third kappa shape index (κ3) is 4.93. The number of rotatable bonds is 8. The molecule has 4 rings (SSSR count). The number of benzene rings is 2. The van der Waals surface area contributed by atoms with Crippen LogP contribution in [0.1, 0.15) is 11.1 Å². The number of carbonyl (C=O) groups excluding carboxylic acids is 1. The topological polar surface area (TPSA) is 43.7 Å². The highest BCUT2D eigenvalue weighted by Crippen LogP contribution is 2.35. The molecule has 3 aromatic rings. The van der Waals surface area contributed by atoms with Crippen molar-refractivity contribution in [2.75, 3.05) is 26.9 Å². The Hall–Kier alpha value is -2.13. The molecule has 5 nitrogen and oxygen atoms in total. The maximum atomic E-state index is 12.9. The van der Waals surface area contributed by atoms with Crippen molar-refractivity contribution in [3.8, 4) is 5.75 Å². The number of methoxy groups -OCH3 is 1. The molecule has 1 amide bonds. The van der Waals surface area contributed by atoms with Crippen molar-refractivity contribution in [2.24, 2.45) is 0 Å². The van der Waals surface area contributed by atoms with Crippen molar-refractivity contribution in [1.82, 2.24) is 9.47 Å². The van der Waals surface area contributed by atoms with Crippen LogP contribution in [-0.4, -0.2) is 46.6 Å². The molecule has 0 atom stereocenters. The summed E-state index contributed by atoms with van der Waals surface area (Å²) in [4.78, 5) is 15.1. The first-order chi connectivity index (χ1) is 15.5. The van der Waals surface area contributed by atoms with Gasteiger partial charge in [-0.25, -0.2) is 0 Å². The zero-order valence-corrected chi connectivity index (χ0v) is 21.1. The van der Waals surface area contributed by atoms with Gasteiger partial charge in [0.25, 0.3) is 5.91 Å². The van der Waals surface area contributed by atoms with E-state index >= 15 is 0 Å². The van der Waals surface area contributed by atoms with Gasteiger partial charge in [0.2, 0.25) is 0 Å². The Balaban J connectivity index is 1.59. The number of hydrogen-bond donors (Lipinski definition) is 0. The molecule has 1 saturated heterocycles. The Morgan fingerprint density at radius 2 is 1.97 bits per heavy atom. The lowest BCUT2D eigenvalue weighted by Gasteiger charge is -2.12. The summed E-state index contributed by atoms with van der Waals surface area (Å²) < 4.78 is 14.8.